The van der Waals surface area contributed by atoms with E-state index in [1.54, 1.807) is 0 Å². The Morgan fingerprint density at radius 3 is 2.66 bits per heavy atom. The van der Waals surface area contributed by atoms with Gasteiger partial charge in [-0.3, -0.25) is 4.99 Å². The van der Waals surface area contributed by atoms with Crippen LogP contribution in [-0.4, -0.2) is 52.0 Å². The minimum absolute atomic E-state index is 0.171. The van der Waals surface area contributed by atoms with Crippen molar-refractivity contribution >= 4 is 5.96 Å². The summed E-state index contributed by atoms with van der Waals surface area (Å²) in [4.78, 5) is 4.36. The molecule has 0 spiro atoms. The van der Waals surface area contributed by atoms with Gasteiger partial charge in [-0.2, -0.15) is 0 Å². The van der Waals surface area contributed by atoms with Crippen LogP contribution in [0.1, 0.15) is 52.0 Å². The van der Waals surface area contributed by atoms with E-state index in [-0.39, 0.29) is 5.41 Å². The Bertz CT molecular complexity index is 584. The SMILES string of the molecule is CN=C(NCCCCOCCc1ccccc1)NCC1CCCOC1C(C)(C)C. The van der Waals surface area contributed by atoms with Gasteiger partial charge in [0, 0.05) is 39.3 Å². The number of aliphatic imine (C=N–C) groups is 1. The van der Waals surface area contributed by atoms with Crippen molar-refractivity contribution < 1.29 is 9.47 Å². The van der Waals surface area contributed by atoms with E-state index < -0.39 is 0 Å². The molecule has 1 saturated heterocycles. The van der Waals surface area contributed by atoms with Crippen LogP contribution in [0.4, 0.5) is 0 Å². The largest absolute Gasteiger partial charge is 0.381 e. The lowest BCUT2D eigenvalue weighted by Crippen LogP contribution is -2.47. The molecule has 2 unspecified atom stereocenters. The average molecular weight is 404 g/mol. The topological polar surface area (TPSA) is 54.9 Å². The van der Waals surface area contributed by atoms with Crippen LogP contribution in [0.15, 0.2) is 35.3 Å². The predicted molar refractivity (Wildman–Crippen MR) is 121 cm³/mol. The number of guanidine groups is 1. The zero-order valence-corrected chi connectivity index (χ0v) is 18.9. The van der Waals surface area contributed by atoms with Gasteiger partial charge in [0.25, 0.3) is 0 Å². The van der Waals surface area contributed by atoms with Gasteiger partial charge in [-0.25, -0.2) is 0 Å². The molecule has 0 bridgehead atoms. The molecule has 1 heterocycles. The highest BCUT2D eigenvalue weighted by Crippen LogP contribution is 2.33. The smallest absolute Gasteiger partial charge is 0.190 e. The quantitative estimate of drug-likeness (QED) is 0.352. The van der Waals surface area contributed by atoms with Crippen molar-refractivity contribution in [2.75, 3.05) is 40.0 Å². The summed E-state index contributed by atoms with van der Waals surface area (Å²) < 4.78 is 11.8. The van der Waals surface area contributed by atoms with Gasteiger partial charge in [0.1, 0.15) is 0 Å². The monoisotopic (exact) mass is 403 g/mol. The standard InChI is InChI=1S/C24H41N3O2/c1-24(2,3)22-21(13-10-17-29-22)19-27-23(25-4)26-15-8-9-16-28-18-14-20-11-6-5-7-12-20/h5-7,11-12,21-22H,8-10,13-19H2,1-4H3,(H2,25,26,27). The molecule has 1 fully saturated rings. The molecule has 0 saturated carbocycles. The lowest BCUT2D eigenvalue weighted by Gasteiger charge is -2.40. The molecular weight excluding hydrogens is 362 g/mol. The fourth-order valence-corrected chi connectivity index (χ4v) is 3.93. The minimum atomic E-state index is 0.171. The number of unbranched alkanes of at least 4 members (excludes halogenated alkanes) is 1. The van der Waals surface area contributed by atoms with E-state index in [0.717, 1.165) is 64.6 Å². The number of nitrogens with zero attached hydrogens (tertiary/aromatic N) is 1. The van der Waals surface area contributed by atoms with Gasteiger partial charge in [-0.05, 0) is 43.1 Å². The molecule has 2 rings (SSSR count). The second kappa shape index (κ2) is 12.9. The lowest BCUT2D eigenvalue weighted by molar-refractivity contribution is -0.0835. The zero-order valence-electron chi connectivity index (χ0n) is 18.9. The molecule has 1 aliphatic rings. The van der Waals surface area contributed by atoms with Crippen LogP contribution in [0.25, 0.3) is 0 Å². The Kier molecular flexibility index (Phi) is 10.5. The number of benzene rings is 1. The third-order valence-corrected chi connectivity index (χ3v) is 5.44. The fraction of sp³-hybridized carbons (Fsp3) is 0.708. The summed E-state index contributed by atoms with van der Waals surface area (Å²) in [6, 6.07) is 10.5. The average Bonchev–Trinajstić information content (AvgIpc) is 2.72. The van der Waals surface area contributed by atoms with E-state index in [2.05, 4.69) is 60.7 Å². The van der Waals surface area contributed by atoms with Gasteiger partial charge >= 0.3 is 0 Å². The third-order valence-electron chi connectivity index (χ3n) is 5.44. The molecular formula is C24H41N3O2. The van der Waals surface area contributed by atoms with Gasteiger partial charge in [0.2, 0.25) is 0 Å². The first-order valence-corrected chi connectivity index (χ1v) is 11.2. The third kappa shape index (κ3) is 9.18. The molecule has 0 aliphatic carbocycles. The van der Waals surface area contributed by atoms with Gasteiger partial charge in [0.05, 0.1) is 12.7 Å². The van der Waals surface area contributed by atoms with E-state index in [9.17, 15) is 0 Å². The Hall–Kier alpha value is -1.59. The number of hydrogen-bond donors (Lipinski definition) is 2. The summed E-state index contributed by atoms with van der Waals surface area (Å²) in [7, 11) is 1.83. The minimum Gasteiger partial charge on any atom is -0.381 e. The van der Waals surface area contributed by atoms with Gasteiger partial charge in [-0.1, -0.05) is 51.1 Å². The van der Waals surface area contributed by atoms with Crippen molar-refractivity contribution in [2.45, 2.75) is 59.0 Å². The van der Waals surface area contributed by atoms with Crippen LogP contribution >= 0.6 is 0 Å². The fourth-order valence-electron chi connectivity index (χ4n) is 3.93. The van der Waals surface area contributed by atoms with E-state index in [4.69, 9.17) is 9.47 Å². The molecule has 1 aliphatic heterocycles. The first-order chi connectivity index (χ1) is 14.0. The van der Waals surface area contributed by atoms with Gasteiger partial charge in [0.15, 0.2) is 5.96 Å². The van der Waals surface area contributed by atoms with Crippen LogP contribution in [0.3, 0.4) is 0 Å². The molecule has 0 aromatic heterocycles. The van der Waals surface area contributed by atoms with Gasteiger partial charge < -0.3 is 20.1 Å². The van der Waals surface area contributed by atoms with Crippen molar-refractivity contribution in [1.29, 1.82) is 0 Å². The van der Waals surface area contributed by atoms with Crippen molar-refractivity contribution in [1.82, 2.24) is 10.6 Å². The second-order valence-corrected chi connectivity index (χ2v) is 8.99. The summed E-state index contributed by atoms with van der Waals surface area (Å²) in [5.41, 5.74) is 1.51. The van der Waals surface area contributed by atoms with Gasteiger partial charge in [-0.15, -0.1) is 0 Å². The van der Waals surface area contributed by atoms with Crippen molar-refractivity contribution in [3.63, 3.8) is 0 Å². The van der Waals surface area contributed by atoms with Crippen LogP contribution in [0.2, 0.25) is 0 Å². The summed E-state index contributed by atoms with van der Waals surface area (Å²) in [5.74, 6) is 1.41. The summed E-state index contributed by atoms with van der Waals surface area (Å²) in [6.07, 6.45) is 5.78. The Morgan fingerprint density at radius 2 is 1.93 bits per heavy atom. The maximum absolute atomic E-state index is 6.08. The molecule has 2 atom stereocenters. The number of nitrogens with one attached hydrogen (secondary N) is 2. The maximum atomic E-state index is 6.08. The van der Waals surface area contributed by atoms with Crippen molar-refractivity contribution in [3.05, 3.63) is 35.9 Å². The second-order valence-electron chi connectivity index (χ2n) is 8.99. The number of ether oxygens (including phenoxy) is 2. The van der Waals surface area contributed by atoms with Crippen molar-refractivity contribution in [2.24, 2.45) is 16.3 Å². The Morgan fingerprint density at radius 1 is 1.14 bits per heavy atom. The Balaban J connectivity index is 1.54. The van der Waals surface area contributed by atoms with E-state index in [0.29, 0.717) is 12.0 Å². The molecule has 5 nitrogen and oxygen atoms in total. The predicted octanol–water partition coefficient (Wildman–Crippen LogP) is 4.03. The van der Waals surface area contributed by atoms with E-state index in [1.165, 1.54) is 12.0 Å². The van der Waals surface area contributed by atoms with Crippen LogP contribution in [-0.2, 0) is 15.9 Å². The molecule has 2 N–H and O–H groups in total. The lowest BCUT2D eigenvalue weighted by atomic mass is 9.78. The number of rotatable bonds is 10. The normalized spacial score (nSPS) is 20.5. The first kappa shape index (κ1) is 23.7. The number of hydrogen-bond acceptors (Lipinski definition) is 3. The highest BCUT2D eigenvalue weighted by molar-refractivity contribution is 5.79. The van der Waals surface area contributed by atoms with E-state index >= 15 is 0 Å². The van der Waals surface area contributed by atoms with E-state index in [1.807, 2.05) is 13.1 Å². The Labute approximate surface area is 177 Å². The molecule has 5 heteroatoms. The highest BCUT2D eigenvalue weighted by Gasteiger charge is 2.35. The van der Waals surface area contributed by atoms with Crippen LogP contribution < -0.4 is 10.6 Å². The molecule has 1 aromatic carbocycles. The zero-order chi connectivity index (χ0) is 21.0. The molecule has 0 radical (unpaired) electrons. The van der Waals surface area contributed by atoms with Crippen LogP contribution in [0, 0.1) is 11.3 Å². The molecule has 1 aromatic rings. The highest BCUT2D eigenvalue weighted by atomic mass is 16.5. The molecule has 0 amide bonds. The van der Waals surface area contributed by atoms with Crippen molar-refractivity contribution in [3.8, 4) is 0 Å². The molecule has 29 heavy (non-hydrogen) atoms. The molecule has 164 valence electrons. The summed E-state index contributed by atoms with van der Waals surface area (Å²) in [5, 5.41) is 6.92. The summed E-state index contributed by atoms with van der Waals surface area (Å²) in [6.45, 7) is 11.1. The first-order valence-electron chi connectivity index (χ1n) is 11.2. The maximum Gasteiger partial charge on any atom is 0.190 e. The van der Waals surface area contributed by atoms with Crippen LogP contribution in [0.5, 0.6) is 0 Å². The summed E-state index contributed by atoms with van der Waals surface area (Å²) >= 11 is 0.